The summed E-state index contributed by atoms with van der Waals surface area (Å²) < 4.78 is 26.4. The Morgan fingerprint density at radius 1 is 1.45 bits per heavy atom. The Bertz CT molecular complexity index is 539. The predicted octanol–water partition coefficient (Wildman–Crippen LogP) is 0.296. The van der Waals surface area contributed by atoms with E-state index in [2.05, 4.69) is 16.8 Å². The van der Waals surface area contributed by atoms with E-state index in [-0.39, 0.29) is 5.75 Å². The fraction of sp³-hybridized carbons (Fsp3) is 0.636. The van der Waals surface area contributed by atoms with Crippen molar-refractivity contribution in [2.24, 2.45) is 5.73 Å². The summed E-state index contributed by atoms with van der Waals surface area (Å²) in [6.45, 7) is 4.60. The lowest BCUT2D eigenvalue weighted by Gasteiger charge is -2.10. The van der Waals surface area contributed by atoms with Gasteiger partial charge in [-0.2, -0.15) is 0 Å². The summed E-state index contributed by atoms with van der Waals surface area (Å²) in [6.07, 6.45) is 2.31. The highest BCUT2D eigenvalue weighted by molar-refractivity contribution is 7.99. The number of nitrogens with two attached hydrogens (primary N) is 1. The van der Waals surface area contributed by atoms with Gasteiger partial charge in [-0.05, 0) is 6.42 Å². The summed E-state index contributed by atoms with van der Waals surface area (Å²) in [7, 11) is -0.0546. The molecule has 0 radical (unpaired) electrons. The van der Waals surface area contributed by atoms with Crippen molar-refractivity contribution in [2.45, 2.75) is 24.7 Å². The molecule has 1 rings (SSSR count). The van der Waals surface area contributed by atoms with Gasteiger partial charge < -0.3 is 10.3 Å². The van der Waals surface area contributed by atoms with E-state index in [4.69, 9.17) is 5.73 Å². The van der Waals surface area contributed by atoms with Crippen molar-refractivity contribution in [3.05, 3.63) is 18.5 Å². The van der Waals surface area contributed by atoms with Gasteiger partial charge in [0.05, 0.1) is 12.3 Å². The van der Waals surface area contributed by atoms with Crippen LogP contribution < -0.4 is 5.73 Å². The van der Waals surface area contributed by atoms with Crippen LogP contribution in [0.3, 0.4) is 0 Å². The van der Waals surface area contributed by atoms with E-state index in [0.29, 0.717) is 31.1 Å². The minimum atomic E-state index is -3.13. The van der Waals surface area contributed by atoms with Crippen LogP contribution in [0, 0.1) is 0 Å². The lowest BCUT2D eigenvalue weighted by atomic mass is 10.5. The van der Waals surface area contributed by atoms with Gasteiger partial charge in [-0.1, -0.05) is 17.8 Å². The second kappa shape index (κ2) is 7.77. The Balaban J connectivity index is 2.54. The number of thioether (sulfide) groups is 1. The molecule has 1 aromatic rings. The van der Waals surface area contributed by atoms with Gasteiger partial charge in [0.25, 0.3) is 0 Å². The molecule has 20 heavy (non-hydrogen) atoms. The summed E-state index contributed by atoms with van der Waals surface area (Å²) in [4.78, 5) is 0. The van der Waals surface area contributed by atoms with Crippen molar-refractivity contribution in [2.75, 3.05) is 25.6 Å². The number of hydrogen-bond donors (Lipinski definition) is 1. The number of allylic oxidation sites excluding steroid dienone is 1. The van der Waals surface area contributed by atoms with E-state index < -0.39 is 10.0 Å². The van der Waals surface area contributed by atoms with Gasteiger partial charge in [0.15, 0.2) is 5.16 Å². The zero-order chi connectivity index (χ0) is 15.2. The highest BCUT2D eigenvalue weighted by Gasteiger charge is 2.14. The third-order valence-corrected chi connectivity index (χ3v) is 5.59. The molecule has 0 bridgehead atoms. The zero-order valence-corrected chi connectivity index (χ0v) is 13.5. The molecule has 0 amide bonds. The maximum Gasteiger partial charge on any atom is 0.213 e. The number of hydrogen-bond acceptors (Lipinski definition) is 6. The summed E-state index contributed by atoms with van der Waals surface area (Å²) in [5, 5.41) is 8.81. The molecule has 0 unspecified atom stereocenters. The van der Waals surface area contributed by atoms with Gasteiger partial charge in [0.1, 0.15) is 5.82 Å². The minimum Gasteiger partial charge on any atom is -0.324 e. The summed E-state index contributed by atoms with van der Waals surface area (Å²) in [5.41, 5.74) is 5.59. The zero-order valence-electron chi connectivity index (χ0n) is 11.8. The summed E-state index contributed by atoms with van der Waals surface area (Å²) in [5.74, 6) is 1.49. The van der Waals surface area contributed by atoms with E-state index in [1.54, 1.807) is 6.08 Å². The van der Waals surface area contributed by atoms with E-state index in [9.17, 15) is 8.42 Å². The van der Waals surface area contributed by atoms with Crippen LogP contribution in [0.2, 0.25) is 0 Å². The quantitative estimate of drug-likeness (QED) is 0.399. The first kappa shape index (κ1) is 17.2. The van der Waals surface area contributed by atoms with Crippen LogP contribution in [-0.4, -0.2) is 53.1 Å². The smallest absolute Gasteiger partial charge is 0.213 e. The molecule has 0 aliphatic carbocycles. The standard InChI is InChI=1S/C11H21N5O2S2/c1-4-6-16-10(9-12)13-14-11(16)19-7-5-8-20(17,18)15(2)3/h4H,1,5-9,12H2,2-3H3. The Morgan fingerprint density at radius 2 is 2.15 bits per heavy atom. The monoisotopic (exact) mass is 319 g/mol. The van der Waals surface area contributed by atoms with Gasteiger partial charge in [0.2, 0.25) is 10.0 Å². The molecule has 1 aromatic heterocycles. The highest BCUT2D eigenvalue weighted by Crippen LogP contribution is 2.18. The van der Waals surface area contributed by atoms with Gasteiger partial charge in [-0.25, -0.2) is 12.7 Å². The van der Waals surface area contributed by atoms with Gasteiger partial charge in [0, 0.05) is 26.4 Å². The molecule has 0 aliphatic rings. The van der Waals surface area contributed by atoms with E-state index in [1.807, 2.05) is 4.57 Å². The fourth-order valence-corrected chi connectivity index (χ4v) is 3.44. The molecule has 0 saturated heterocycles. The molecular formula is C11H21N5O2S2. The molecule has 9 heteroatoms. The summed E-state index contributed by atoms with van der Waals surface area (Å²) >= 11 is 1.48. The Kier molecular flexibility index (Phi) is 6.66. The number of aromatic nitrogens is 3. The third-order valence-electron chi connectivity index (χ3n) is 2.62. The average molecular weight is 319 g/mol. The lowest BCUT2D eigenvalue weighted by Crippen LogP contribution is -2.25. The van der Waals surface area contributed by atoms with Crippen LogP contribution in [0.5, 0.6) is 0 Å². The van der Waals surface area contributed by atoms with Crippen molar-refractivity contribution in [1.82, 2.24) is 19.1 Å². The maximum absolute atomic E-state index is 11.6. The molecule has 0 atom stereocenters. The van der Waals surface area contributed by atoms with Crippen LogP contribution >= 0.6 is 11.8 Å². The predicted molar refractivity (Wildman–Crippen MR) is 80.9 cm³/mol. The van der Waals surface area contributed by atoms with Crippen molar-refractivity contribution in [1.29, 1.82) is 0 Å². The van der Waals surface area contributed by atoms with Gasteiger partial charge in [-0.3, -0.25) is 0 Å². The molecular weight excluding hydrogens is 298 g/mol. The lowest BCUT2D eigenvalue weighted by molar-refractivity contribution is 0.520. The van der Waals surface area contributed by atoms with Gasteiger partial charge >= 0.3 is 0 Å². The average Bonchev–Trinajstić information content (AvgIpc) is 2.77. The first-order valence-corrected chi connectivity index (χ1v) is 8.78. The SMILES string of the molecule is C=CCn1c(CN)nnc1SCCCS(=O)(=O)N(C)C. The molecule has 7 nitrogen and oxygen atoms in total. The second-order valence-corrected chi connectivity index (χ2v) is 7.67. The van der Waals surface area contributed by atoms with Gasteiger partial charge in [-0.15, -0.1) is 16.8 Å². The fourth-order valence-electron chi connectivity index (χ4n) is 1.48. The Hall–Kier alpha value is -0.900. The number of sulfonamides is 1. The largest absolute Gasteiger partial charge is 0.324 e. The molecule has 1 heterocycles. The molecule has 0 saturated carbocycles. The van der Waals surface area contributed by atoms with Crippen LogP contribution in [0.25, 0.3) is 0 Å². The first-order valence-electron chi connectivity index (χ1n) is 6.18. The second-order valence-electron chi connectivity index (χ2n) is 4.30. The van der Waals surface area contributed by atoms with Crippen molar-refractivity contribution in [3.8, 4) is 0 Å². The number of nitrogens with zero attached hydrogens (tertiary/aromatic N) is 4. The highest BCUT2D eigenvalue weighted by atomic mass is 32.2. The van der Waals surface area contributed by atoms with Crippen molar-refractivity contribution >= 4 is 21.8 Å². The topological polar surface area (TPSA) is 94.1 Å². The molecule has 2 N–H and O–H groups in total. The van der Waals surface area contributed by atoms with Crippen LogP contribution in [-0.2, 0) is 23.1 Å². The third kappa shape index (κ3) is 4.58. The van der Waals surface area contributed by atoms with Crippen LogP contribution in [0.1, 0.15) is 12.2 Å². The Morgan fingerprint density at radius 3 is 2.70 bits per heavy atom. The van der Waals surface area contributed by atoms with Crippen LogP contribution in [0.15, 0.2) is 17.8 Å². The molecule has 0 spiro atoms. The minimum absolute atomic E-state index is 0.131. The molecule has 0 fully saturated rings. The first-order chi connectivity index (χ1) is 9.42. The summed E-state index contributed by atoms with van der Waals surface area (Å²) in [6, 6.07) is 0. The molecule has 114 valence electrons. The van der Waals surface area contributed by atoms with Crippen molar-refractivity contribution < 1.29 is 8.42 Å². The Labute approximate surface area is 124 Å². The molecule has 0 aromatic carbocycles. The van der Waals surface area contributed by atoms with E-state index >= 15 is 0 Å². The van der Waals surface area contributed by atoms with E-state index in [0.717, 1.165) is 5.16 Å². The molecule has 0 aliphatic heterocycles. The number of rotatable bonds is 9. The van der Waals surface area contributed by atoms with Crippen molar-refractivity contribution in [3.63, 3.8) is 0 Å². The van der Waals surface area contributed by atoms with E-state index in [1.165, 1.54) is 30.2 Å². The van der Waals surface area contributed by atoms with Crippen LogP contribution in [0.4, 0.5) is 0 Å². The normalized spacial score (nSPS) is 12.0. The maximum atomic E-state index is 11.6.